The summed E-state index contributed by atoms with van der Waals surface area (Å²) >= 11 is 0. The number of nitro benzene ring substituents is 1. The number of nitrogens with zero attached hydrogens (tertiary/aromatic N) is 4. The smallest absolute Gasteiger partial charge is 0.270 e. The molecule has 0 bridgehead atoms. The number of amides is 1. The minimum Gasteiger partial charge on any atom is -0.441 e. The van der Waals surface area contributed by atoms with Gasteiger partial charge in [-0.3, -0.25) is 19.8 Å². The Kier molecular flexibility index (Phi) is 5.08. The molecule has 3 rings (SSSR count). The molecule has 0 atom stereocenters. The molecule has 0 saturated carbocycles. The number of carbonyl (C=O) groups is 1. The van der Waals surface area contributed by atoms with E-state index >= 15 is 0 Å². The van der Waals surface area contributed by atoms with Gasteiger partial charge in [0.15, 0.2) is 11.7 Å². The summed E-state index contributed by atoms with van der Waals surface area (Å²) in [5, 5.41) is 10.9. The van der Waals surface area contributed by atoms with Crippen molar-refractivity contribution in [2.75, 3.05) is 32.7 Å². The zero-order valence-corrected chi connectivity index (χ0v) is 14.1. The highest BCUT2D eigenvalue weighted by atomic mass is 16.6. The van der Waals surface area contributed by atoms with E-state index in [1.54, 1.807) is 25.3 Å². The number of nitro groups is 1. The Morgan fingerprint density at radius 1 is 1.32 bits per heavy atom. The lowest BCUT2D eigenvalue weighted by Gasteiger charge is -2.33. The van der Waals surface area contributed by atoms with Crippen molar-refractivity contribution in [3.63, 3.8) is 0 Å². The number of piperazine rings is 1. The van der Waals surface area contributed by atoms with Crippen molar-refractivity contribution in [3.05, 3.63) is 46.5 Å². The molecule has 2 heterocycles. The molecule has 0 aliphatic carbocycles. The fourth-order valence-electron chi connectivity index (χ4n) is 2.87. The summed E-state index contributed by atoms with van der Waals surface area (Å²) in [6.07, 6.45) is 2.26. The molecule has 1 aromatic heterocycles. The van der Waals surface area contributed by atoms with Crippen LogP contribution in [0, 0.1) is 10.1 Å². The summed E-state index contributed by atoms with van der Waals surface area (Å²) in [7, 11) is 0. The number of rotatable bonds is 5. The minimum atomic E-state index is -0.429. The molecule has 1 amide bonds. The summed E-state index contributed by atoms with van der Waals surface area (Å²) in [4.78, 5) is 30.2. The molecule has 0 radical (unpaired) electrons. The van der Waals surface area contributed by atoms with Crippen LogP contribution in [-0.2, 0) is 11.2 Å². The first-order valence-electron chi connectivity index (χ1n) is 8.20. The van der Waals surface area contributed by atoms with Gasteiger partial charge in [-0.25, -0.2) is 4.98 Å². The van der Waals surface area contributed by atoms with Crippen LogP contribution >= 0.6 is 0 Å². The first kappa shape index (κ1) is 17.1. The van der Waals surface area contributed by atoms with Gasteiger partial charge in [-0.05, 0) is 0 Å². The first-order chi connectivity index (χ1) is 12.0. The van der Waals surface area contributed by atoms with Gasteiger partial charge in [-0.2, -0.15) is 0 Å². The third-order valence-corrected chi connectivity index (χ3v) is 4.35. The summed E-state index contributed by atoms with van der Waals surface area (Å²) in [5.74, 6) is 1.25. The summed E-state index contributed by atoms with van der Waals surface area (Å²) < 4.78 is 5.73. The van der Waals surface area contributed by atoms with Crippen LogP contribution in [0.15, 0.2) is 34.9 Å². The normalized spacial score (nSPS) is 15.3. The Balaban J connectivity index is 1.57. The topological polar surface area (TPSA) is 92.7 Å². The number of hydrogen-bond acceptors (Lipinski definition) is 6. The van der Waals surface area contributed by atoms with Crippen LogP contribution in [0.2, 0.25) is 0 Å². The standard InChI is InChI=1S/C17H20N4O4/c1-13(22)20-9-7-19(8-10-20)6-5-17-18-12-16(25-17)14-3-2-4-15(11-14)21(23)24/h2-4,11-12H,5-10H2,1H3. The number of carbonyl (C=O) groups excluding carboxylic acids is 1. The predicted octanol–water partition coefficient (Wildman–Crippen LogP) is 1.96. The number of oxazole rings is 1. The number of hydrogen-bond donors (Lipinski definition) is 0. The fraction of sp³-hybridized carbons (Fsp3) is 0.412. The van der Waals surface area contributed by atoms with E-state index in [9.17, 15) is 14.9 Å². The maximum Gasteiger partial charge on any atom is 0.270 e. The van der Waals surface area contributed by atoms with Crippen LogP contribution < -0.4 is 0 Å². The third-order valence-electron chi connectivity index (χ3n) is 4.35. The van der Waals surface area contributed by atoms with Gasteiger partial charge in [-0.15, -0.1) is 0 Å². The van der Waals surface area contributed by atoms with E-state index in [-0.39, 0.29) is 11.6 Å². The fourth-order valence-corrected chi connectivity index (χ4v) is 2.87. The lowest BCUT2D eigenvalue weighted by Crippen LogP contribution is -2.48. The van der Waals surface area contributed by atoms with Gasteiger partial charge in [-0.1, -0.05) is 12.1 Å². The highest BCUT2D eigenvalue weighted by Gasteiger charge is 2.19. The molecule has 0 N–H and O–H groups in total. The third kappa shape index (κ3) is 4.21. The van der Waals surface area contributed by atoms with Crippen LogP contribution in [0.1, 0.15) is 12.8 Å². The van der Waals surface area contributed by atoms with E-state index < -0.39 is 4.92 Å². The van der Waals surface area contributed by atoms with Crippen LogP contribution in [0.4, 0.5) is 5.69 Å². The van der Waals surface area contributed by atoms with E-state index in [4.69, 9.17) is 4.42 Å². The van der Waals surface area contributed by atoms with E-state index in [0.29, 0.717) is 23.6 Å². The Morgan fingerprint density at radius 2 is 2.08 bits per heavy atom. The lowest BCUT2D eigenvalue weighted by atomic mass is 10.2. The quantitative estimate of drug-likeness (QED) is 0.608. The highest BCUT2D eigenvalue weighted by molar-refractivity contribution is 5.73. The molecule has 25 heavy (non-hydrogen) atoms. The summed E-state index contributed by atoms with van der Waals surface area (Å²) in [5.41, 5.74) is 0.668. The first-order valence-corrected chi connectivity index (χ1v) is 8.20. The molecule has 132 valence electrons. The molecule has 0 unspecified atom stereocenters. The molecule has 1 aromatic carbocycles. The average molecular weight is 344 g/mol. The summed E-state index contributed by atoms with van der Waals surface area (Å²) in [6.45, 7) is 5.59. The largest absolute Gasteiger partial charge is 0.441 e. The molecule has 8 heteroatoms. The second kappa shape index (κ2) is 7.43. The Hall–Kier alpha value is -2.74. The molecule has 1 saturated heterocycles. The van der Waals surface area contributed by atoms with Crippen molar-refractivity contribution in [3.8, 4) is 11.3 Å². The van der Waals surface area contributed by atoms with Crippen LogP contribution in [-0.4, -0.2) is 58.3 Å². The highest BCUT2D eigenvalue weighted by Crippen LogP contribution is 2.24. The van der Waals surface area contributed by atoms with Crippen LogP contribution in [0.3, 0.4) is 0 Å². The number of aromatic nitrogens is 1. The van der Waals surface area contributed by atoms with Gasteiger partial charge in [0.05, 0.1) is 11.1 Å². The van der Waals surface area contributed by atoms with Crippen molar-refractivity contribution < 1.29 is 14.1 Å². The Morgan fingerprint density at radius 3 is 2.76 bits per heavy atom. The molecular formula is C17H20N4O4. The zero-order chi connectivity index (χ0) is 17.8. The number of benzene rings is 1. The van der Waals surface area contributed by atoms with E-state index in [0.717, 1.165) is 32.7 Å². The molecule has 8 nitrogen and oxygen atoms in total. The van der Waals surface area contributed by atoms with Crippen molar-refractivity contribution in [1.29, 1.82) is 0 Å². The minimum absolute atomic E-state index is 0.0267. The Labute approximate surface area is 145 Å². The van der Waals surface area contributed by atoms with E-state index in [1.807, 2.05) is 4.90 Å². The van der Waals surface area contributed by atoms with Gasteiger partial charge >= 0.3 is 0 Å². The summed E-state index contributed by atoms with van der Waals surface area (Å²) in [6, 6.07) is 6.31. The molecule has 1 aliphatic heterocycles. The van der Waals surface area contributed by atoms with Gasteiger partial charge in [0.2, 0.25) is 5.91 Å². The van der Waals surface area contributed by atoms with E-state index in [2.05, 4.69) is 9.88 Å². The molecular weight excluding hydrogens is 324 g/mol. The molecule has 2 aromatic rings. The van der Waals surface area contributed by atoms with Crippen LogP contribution in [0.5, 0.6) is 0 Å². The van der Waals surface area contributed by atoms with Crippen molar-refractivity contribution >= 4 is 11.6 Å². The van der Waals surface area contributed by atoms with Gasteiger partial charge in [0, 0.05) is 63.8 Å². The van der Waals surface area contributed by atoms with Gasteiger partial charge in [0.1, 0.15) is 0 Å². The average Bonchev–Trinajstić information content (AvgIpc) is 3.09. The van der Waals surface area contributed by atoms with Crippen molar-refractivity contribution in [2.45, 2.75) is 13.3 Å². The van der Waals surface area contributed by atoms with Gasteiger partial charge < -0.3 is 9.32 Å². The SMILES string of the molecule is CC(=O)N1CCN(CCc2ncc(-c3cccc([N+](=O)[O-])c3)o2)CC1. The van der Waals surface area contributed by atoms with Crippen molar-refractivity contribution in [2.24, 2.45) is 0 Å². The second-order valence-electron chi connectivity index (χ2n) is 6.02. The predicted molar refractivity (Wildman–Crippen MR) is 91.0 cm³/mol. The van der Waals surface area contributed by atoms with Crippen LogP contribution in [0.25, 0.3) is 11.3 Å². The van der Waals surface area contributed by atoms with E-state index in [1.165, 1.54) is 12.1 Å². The number of non-ortho nitro benzene ring substituents is 1. The monoisotopic (exact) mass is 344 g/mol. The molecule has 1 aliphatic rings. The van der Waals surface area contributed by atoms with Crippen molar-refractivity contribution in [1.82, 2.24) is 14.8 Å². The zero-order valence-electron chi connectivity index (χ0n) is 14.1. The van der Waals surface area contributed by atoms with Gasteiger partial charge in [0.25, 0.3) is 5.69 Å². The Bertz CT molecular complexity index is 766. The maximum atomic E-state index is 11.3. The second-order valence-corrected chi connectivity index (χ2v) is 6.02. The maximum absolute atomic E-state index is 11.3. The lowest BCUT2D eigenvalue weighted by molar-refractivity contribution is -0.384. The molecule has 1 fully saturated rings. The molecule has 0 spiro atoms.